The number of piperazine rings is 1. The number of anilines is 6. The molecule has 188 valence electrons. The van der Waals surface area contributed by atoms with E-state index in [0.29, 0.717) is 33.4 Å². The number of hydrogen-bond acceptors (Lipinski definition) is 7. The minimum Gasteiger partial charge on any atom is -0.369 e. The number of carbonyl (C=O) groups is 1. The number of hydrogen-bond donors (Lipinski definition) is 3. The fourth-order valence-electron chi connectivity index (χ4n) is 4.24. The lowest BCUT2D eigenvalue weighted by molar-refractivity contribution is -0.111. The van der Waals surface area contributed by atoms with Crippen molar-refractivity contribution >= 4 is 62.9 Å². The van der Waals surface area contributed by atoms with Crippen LogP contribution < -0.4 is 20.9 Å². The lowest BCUT2D eigenvalue weighted by atomic mass is 10.2. The highest BCUT2D eigenvalue weighted by Gasteiger charge is 2.15. The van der Waals surface area contributed by atoms with E-state index in [-0.39, 0.29) is 5.91 Å². The summed E-state index contributed by atoms with van der Waals surface area (Å²) in [7, 11) is 2.15. The van der Waals surface area contributed by atoms with E-state index < -0.39 is 0 Å². The zero-order valence-corrected chi connectivity index (χ0v) is 21.3. The molecule has 1 fully saturated rings. The van der Waals surface area contributed by atoms with Gasteiger partial charge < -0.3 is 25.8 Å². The van der Waals surface area contributed by atoms with Crippen LogP contribution >= 0.6 is 11.6 Å². The normalized spacial score (nSPS) is 13.8. The third kappa shape index (κ3) is 5.82. The topological polar surface area (TPSA) is 85.4 Å². The quantitative estimate of drug-likeness (QED) is 0.275. The van der Waals surface area contributed by atoms with E-state index in [2.05, 4.69) is 51.5 Å². The molecule has 4 aromatic rings. The Kier molecular flexibility index (Phi) is 7.20. The van der Waals surface area contributed by atoms with Gasteiger partial charge in [-0.2, -0.15) is 4.98 Å². The highest BCUT2D eigenvalue weighted by molar-refractivity contribution is 6.36. The number of halogens is 1. The van der Waals surface area contributed by atoms with Gasteiger partial charge in [0, 0.05) is 48.9 Å². The molecule has 1 aliphatic rings. The summed E-state index contributed by atoms with van der Waals surface area (Å²) < 4.78 is 0. The molecule has 0 spiro atoms. The van der Waals surface area contributed by atoms with Gasteiger partial charge in [-0.25, -0.2) is 4.98 Å². The Bertz CT molecular complexity index is 1430. The standard InChI is InChI=1S/C28H28ClN7O/c1-3-25(37)30-20-6-4-7-21(18-20)31-27-26-23(29)8-5-9-24(26)33-28(34-27)32-19-10-12-22(13-11-19)36-16-14-35(2)15-17-36/h3-13,18H,1,14-17H2,2H3,(H,30,37)(H2,31,32,33,34). The average Bonchev–Trinajstić information content (AvgIpc) is 2.90. The van der Waals surface area contributed by atoms with E-state index in [0.717, 1.165) is 37.6 Å². The van der Waals surface area contributed by atoms with E-state index in [1.165, 1.54) is 11.8 Å². The lowest BCUT2D eigenvalue weighted by Gasteiger charge is -2.34. The molecule has 9 heteroatoms. The summed E-state index contributed by atoms with van der Waals surface area (Å²) in [5.74, 6) is 0.720. The molecule has 2 heterocycles. The Morgan fingerprint density at radius 2 is 1.65 bits per heavy atom. The number of benzene rings is 3. The zero-order valence-electron chi connectivity index (χ0n) is 20.5. The van der Waals surface area contributed by atoms with Gasteiger partial charge in [-0.05, 0) is 67.7 Å². The minimum atomic E-state index is -0.280. The van der Waals surface area contributed by atoms with E-state index in [1.807, 2.05) is 48.5 Å². The van der Waals surface area contributed by atoms with Crippen molar-refractivity contribution in [3.05, 3.63) is 84.4 Å². The predicted molar refractivity (Wildman–Crippen MR) is 153 cm³/mol. The van der Waals surface area contributed by atoms with Crippen LogP contribution in [0.15, 0.2) is 79.4 Å². The van der Waals surface area contributed by atoms with E-state index in [1.54, 1.807) is 6.07 Å². The van der Waals surface area contributed by atoms with Crippen molar-refractivity contribution in [2.75, 3.05) is 54.1 Å². The summed E-state index contributed by atoms with van der Waals surface area (Å²) in [5.41, 5.74) is 4.18. The number of aromatic nitrogens is 2. The smallest absolute Gasteiger partial charge is 0.247 e. The molecule has 1 aliphatic heterocycles. The number of carbonyl (C=O) groups excluding carboxylic acids is 1. The summed E-state index contributed by atoms with van der Waals surface area (Å²) in [6.07, 6.45) is 1.23. The number of likely N-dealkylation sites (N-methyl/N-ethyl adjacent to an activating group) is 1. The molecule has 0 bridgehead atoms. The summed E-state index contributed by atoms with van der Waals surface area (Å²) in [6.45, 7) is 7.66. The second kappa shape index (κ2) is 10.9. The molecular weight excluding hydrogens is 486 g/mol. The van der Waals surface area contributed by atoms with Gasteiger partial charge in [0.15, 0.2) is 0 Å². The third-order valence-corrected chi connectivity index (χ3v) is 6.56. The van der Waals surface area contributed by atoms with E-state index >= 15 is 0 Å². The molecule has 0 aliphatic carbocycles. The van der Waals surface area contributed by atoms with Crippen molar-refractivity contribution in [3.8, 4) is 0 Å². The molecule has 0 atom stereocenters. The third-order valence-electron chi connectivity index (χ3n) is 6.24. The van der Waals surface area contributed by atoms with Gasteiger partial charge in [-0.15, -0.1) is 0 Å². The van der Waals surface area contributed by atoms with Crippen LogP contribution in [-0.2, 0) is 4.79 Å². The van der Waals surface area contributed by atoms with E-state index in [4.69, 9.17) is 21.6 Å². The molecule has 0 radical (unpaired) electrons. The largest absolute Gasteiger partial charge is 0.369 e. The maximum atomic E-state index is 11.7. The van der Waals surface area contributed by atoms with Crippen molar-refractivity contribution in [3.63, 3.8) is 0 Å². The molecular formula is C28H28ClN7O. The van der Waals surface area contributed by atoms with Crippen LogP contribution in [0.3, 0.4) is 0 Å². The fraction of sp³-hybridized carbons (Fsp3) is 0.179. The molecule has 5 rings (SSSR count). The molecule has 3 N–H and O–H groups in total. The van der Waals surface area contributed by atoms with Gasteiger partial charge in [0.2, 0.25) is 11.9 Å². The Hall–Kier alpha value is -4.14. The van der Waals surface area contributed by atoms with Crippen molar-refractivity contribution in [2.45, 2.75) is 0 Å². The Labute approximate surface area is 221 Å². The highest BCUT2D eigenvalue weighted by Crippen LogP contribution is 2.32. The molecule has 1 amide bonds. The Morgan fingerprint density at radius 3 is 2.41 bits per heavy atom. The van der Waals surface area contributed by atoms with Crippen LogP contribution in [0.1, 0.15) is 0 Å². The second-order valence-electron chi connectivity index (χ2n) is 8.89. The second-order valence-corrected chi connectivity index (χ2v) is 9.30. The predicted octanol–water partition coefficient (Wildman–Crippen LogP) is 5.65. The van der Waals surface area contributed by atoms with Crippen molar-refractivity contribution in [1.29, 1.82) is 0 Å². The van der Waals surface area contributed by atoms with Crippen LogP contribution in [0, 0.1) is 0 Å². The summed E-state index contributed by atoms with van der Waals surface area (Å²) in [5, 5.41) is 10.7. The molecule has 1 aromatic heterocycles. The van der Waals surface area contributed by atoms with Gasteiger partial charge in [0.1, 0.15) is 5.82 Å². The lowest BCUT2D eigenvalue weighted by Crippen LogP contribution is -2.44. The van der Waals surface area contributed by atoms with Gasteiger partial charge in [-0.1, -0.05) is 30.3 Å². The van der Waals surface area contributed by atoms with E-state index in [9.17, 15) is 4.79 Å². The maximum absolute atomic E-state index is 11.7. The van der Waals surface area contributed by atoms with Crippen LogP contribution in [0.5, 0.6) is 0 Å². The van der Waals surface area contributed by atoms with Gasteiger partial charge in [-0.3, -0.25) is 4.79 Å². The minimum absolute atomic E-state index is 0.280. The first kappa shape index (κ1) is 24.5. The molecule has 1 saturated heterocycles. The van der Waals surface area contributed by atoms with Crippen LogP contribution in [-0.4, -0.2) is 54.0 Å². The maximum Gasteiger partial charge on any atom is 0.247 e. The van der Waals surface area contributed by atoms with Gasteiger partial charge in [0.25, 0.3) is 0 Å². The molecule has 3 aromatic carbocycles. The molecule has 37 heavy (non-hydrogen) atoms. The molecule has 8 nitrogen and oxygen atoms in total. The highest BCUT2D eigenvalue weighted by atomic mass is 35.5. The zero-order chi connectivity index (χ0) is 25.8. The van der Waals surface area contributed by atoms with Gasteiger partial charge in [0.05, 0.1) is 15.9 Å². The Morgan fingerprint density at radius 1 is 0.919 bits per heavy atom. The van der Waals surface area contributed by atoms with Crippen LogP contribution in [0.4, 0.5) is 34.5 Å². The van der Waals surface area contributed by atoms with Crippen LogP contribution in [0.2, 0.25) is 5.02 Å². The first-order chi connectivity index (χ1) is 18.0. The average molecular weight is 514 g/mol. The SMILES string of the molecule is C=CC(=O)Nc1cccc(Nc2nc(Nc3ccc(N4CCN(C)CC4)cc3)nc3cccc(Cl)c23)c1. The Balaban J connectivity index is 1.41. The number of rotatable bonds is 7. The summed E-state index contributed by atoms with van der Waals surface area (Å²) >= 11 is 6.54. The first-order valence-corrected chi connectivity index (χ1v) is 12.4. The summed E-state index contributed by atoms with van der Waals surface area (Å²) in [6, 6.07) is 21.2. The number of fused-ring (bicyclic) bond motifs is 1. The van der Waals surface area contributed by atoms with Gasteiger partial charge >= 0.3 is 0 Å². The molecule has 0 unspecified atom stereocenters. The monoisotopic (exact) mass is 513 g/mol. The molecule has 0 saturated carbocycles. The van der Waals surface area contributed by atoms with Crippen LogP contribution in [0.25, 0.3) is 10.9 Å². The fourth-order valence-corrected chi connectivity index (χ4v) is 4.50. The van der Waals surface area contributed by atoms with Crippen molar-refractivity contribution in [2.24, 2.45) is 0 Å². The van der Waals surface area contributed by atoms with Crippen molar-refractivity contribution < 1.29 is 4.79 Å². The summed E-state index contributed by atoms with van der Waals surface area (Å²) in [4.78, 5) is 25.9. The van der Waals surface area contributed by atoms with Crippen molar-refractivity contribution in [1.82, 2.24) is 14.9 Å². The number of nitrogens with zero attached hydrogens (tertiary/aromatic N) is 4. The first-order valence-electron chi connectivity index (χ1n) is 12.1. The number of amides is 1. The number of nitrogens with one attached hydrogen (secondary N) is 3.